The van der Waals surface area contributed by atoms with E-state index in [0.29, 0.717) is 33.4 Å². The van der Waals surface area contributed by atoms with Crippen LogP contribution in [0.1, 0.15) is 64.7 Å². The lowest BCUT2D eigenvalue weighted by molar-refractivity contribution is -0.118. The lowest BCUT2D eigenvalue weighted by Crippen LogP contribution is -2.41. The molecule has 0 saturated heterocycles. The van der Waals surface area contributed by atoms with Gasteiger partial charge >= 0.3 is 0 Å². The number of ketones is 1. The molecule has 3 rings (SSSR count). The third kappa shape index (κ3) is 4.59. The third-order valence-electron chi connectivity index (χ3n) is 6.01. The van der Waals surface area contributed by atoms with E-state index in [1.165, 1.54) is 0 Å². The minimum Gasteiger partial charge on any atom is -0.346 e. The molecular formula is C23H28ClN3O3. The third-order valence-corrected chi connectivity index (χ3v) is 6.25. The van der Waals surface area contributed by atoms with Gasteiger partial charge in [-0.05, 0) is 69.2 Å². The van der Waals surface area contributed by atoms with Crippen molar-refractivity contribution in [3.63, 3.8) is 0 Å². The van der Waals surface area contributed by atoms with Crippen molar-refractivity contribution in [2.24, 2.45) is 13.0 Å². The zero-order chi connectivity index (χ0) is 22.0. The molecule has 1 aromatic carbocycles. The van der Waals surface area contributed by atoms with Crippen LogP contribution in [-0.4, -0.2) is 28.2 Å². The maximum atomic E-state index is 12.9. The number of carbonyl (C=O) groups is 3. The Morgan fingerprint density at radius 2 is 1.77 bits per heavy atom. The van der Waals surface area contributed by atoms with Crippen LogP contribution in [0.4, 0.5) is 5.69 Å². The van der Waals surface area contributed by atoms with Crippen LogP contribution in [0.15, 0.2) is 24.3 Å². The van der Waals surface area contributed by atoms with Crippen LogP contribution in [0.5, 0.6) is 0 Å². The predicted molar refractivity (Wildman–Crippen MR) is 118 cm³/mol. The average molecular weight is 430 g/mol. The Morgan fingerprint density at radius 1 is 1.10 bits per heavy atom. The second kappa shape index (κ2) is 9.04. The largest absolute Gasteiger partial charge is 0.346 e. The smallest absolute Gasteiger partial charge is 0.294 e. The van der Waals surface area contributed by atoms with Gasteiger partial charge in [0.2, 0.25) is 0 Å². The number of amides is 2. The number of rotatable bonds is 5. The van der Waals surface area contributed by atoms with Crippen molar-refractivity contribution in [2.45, 2.75) is 52.5 Å². The molecule has 0 bridgehead atoms. The number of anilines is 1. The molecule has 0 spiro atoms. The van der Waals surface area contributed by atoms with Gasteiger partial charge in [0.05, 0.1) is 11.3 Å². The molecule has 0 radical (unpaired) electrons. The predicted octanol–water partition coefficient (Wildman–Crippen LogP) is 4.43. The van der Waals surface area contributed by atoms with E-state index in [9.17, 15) is 14.4 Å². The van der Waals surface area contributed by atoms with Gasteiger partial charge in [-0.15, -0.1) is 0 Å². The summed E-state index contributed by atoms with van der Waals surface area (Å²) < 4.78 is 1.62. The Labute approximate surface area is 182 Å². The fourth-order valence-electron chi connectivity index (χ4n) is 4.16. The lowest BCUT2D eigenvalue weighted by Gasteiger charge is -2.26. The van der Waals surface area contributed by atoms with Crippen molar-refractivity contribution in [2.75, 3.05) is 5.32 Å². The van der Waals surface area contributed by atoms with Crippen LogP contribution in [0.25, 0.3) is 0 Å². The summed E-state index contributed by atoms with van der Waals surface area (Å²) in [6, 6.07) is 6.89. The van der Waals surface area contributed by atoms with Crippen LogP contribution in [0, 0.1) is 19.8 Å². The Kier molecular flexibility index (Phi) is 6.66. The van der Waals surface area contributed by atoms with Crippen molar-refractivity contribution >= 4 is 34.9 Å². The van der Waals surface area contributed by atoms with E-state index in [1.54, 1.807) is 49.7 Å². The van der Waals surface area contributed by atoms with Gasteiger partial charge < -0.3 is 15.2 Å². The first-order valence-electron chi connectivity index (χ1n) is 10.3. The summed E-state index contributed by atoms with van der Waals surface area (Å²) in [7, 11) is 1.70. The number of nitrogens with zero attached hydrogens (tertiary/aromatic N) is 1. The molecule has 2 amide bonds. The normalized spacial score (nSPS) is 18.7. The van der Waals surface area contributed by atoms with Gasteiger partial charge in [0.25, 0.3) is 17.6 Å². The number of Topliss-reactive ketones (excluding diaryl/α,β-unsaturated/α-hetero) is 1. The van der Waals surface area contributed by atoms with Crippen LogP contribution in [0.3, 0.4) is 0 Å². The highest BCUT2D eigenvalue weighted by Gasteiger charge is 2.30. The summed E-state index contributed by atoms with van der Waals surface area (Å²) >= 11 is 5.99. The van der Waals surface area contributed by atoms with Crippen LogP contribution in [-0.2, 0) is 11.8 Å². The summed E-state index contributed by atoms with van der Waals surface area (Å²) in [4.78, 5) is 38.5. The molecule has 1 fully saturated rings. The summed E-state index contributed by atoms with van der Waals surface area (Å²) in [6.45, 7) is 5.66. The number of aromatic nitrogens is 1. The molecule has 1 heterocycles. The van der Waals surface area contributed by atoms with Gasteiger partial charge in [0.1, 0.15) is 0 Å². The molecule has 7 heteroatoms. The minimum absolute atomic E-state index is 0.0323. The Bertz CT molecular complexity index is 988. The fourth-order valence-corrected chi connectivity index (χ4v) is 4.35. The van der Waals surface area contributed by atoms with Gasteiger partial charge in [-0.25, -0.2) is 0 Å². The van der Waals surface area contributed by atoms with Crippen molar-refractivity contribution in [1.29, 1.82) is 0 Å². The van der Waals surface area contributed by atoms with E-state index < -0.39 is 11.7 Å². The zero-order valence-corrected chi connectivity index (χ0v) is 18.6. The standard InChI is InChI=1S/C23H28ClN3O3/c1-13-8-10-17(11-9-13)25-23(30)21(28)20-14(2)19(15(3)27(20)4)22(29)26-18-7-5-6-16(24)12-18/h5-7,12-13,17H,8-11H2,1-4H3,(H,25,30)(H,26,29). The lowest BCUT2D eigenvalue weighted by atomic mass is 9.87. The summed E-state index contributed by atoms with van der Waals surface area (Å²) in [5.74, 6) is -0.908. The number of carbonyl (C=O) groups excluding carboxylic acids is 3. The van der Waals surface area contributed by atoms with Crippen molar-refractivity contribution < 1.29 is 14.4 Å². The molecular weight excluding hydrogens is 402 g/mol. The van der Waals surface area contributed by atoms with Crippen LogP contribution in [0.2, 0.25) is 5.02 Å². The molecule has 2 aromatic rings. The second-order valence-corrected chi connectivity index (χ2v) is 8.65. The quantitative estimate of drug-likeness (QED) is 0.545. The van der Waals surface area contributed by atoms with Crippen LogP contribution < -0.4 is 10.6 Å². The summed E-state index contributed by atoms with van der Waals surface area (Å²) in [5, 5.41) is 6.20. The number of benzene rings is 1. The highest BCUT2D eigenvalue weighted by Crippen LogP contribution is 2.25. The Hall–Kier alpha value is -2.60. The zero-order valence-electron chi connectivity index (χ0n) is 17.8. The van der Waals surface area contributed by atoms with E-state index in [1.807, 2.05) is 0 Å². The van der Waals surface area contributed by atoms with Gasteiger partial charge in [-0.2, -0.15) is 0 Å². The minimum atomic E-state index is -0.612. The van der Waals surface area contributed by atoms with Gasteiger partial charge in [-0.1, -0.05) is 24.6 Å². The Morgan fingerprint density at radius 3 is 2.40 bits per heavy atom. The summed E-state index contributed by atoms with van der Waals surface area (Å²) in [5.41, 5.74) is 2.31. The van der Waals surface area contributed by atoms with E-state index in [2.05, 4.69) is 17.6 Å². The molecule has 0 atom stereocenters. The Balaban J connectivity index is 1.80. The highest BCUT2D eigenvalue weighted by molar-refractivity contribution is 6.43. The molecule has 1 aliphatic rings. The molecule has 1 saturated carbocycles. The molecule has 0 unspecified atom stereocenters. The topological polar surface area (TPSA) is 80.2 Å². The molecule has 0 aliphatic heterocycles. The van der Waals surface area contributed by atoms with E-state index in [-0.39, 0.29) is 17.6 Å². The molecule has 2 N–H and O–H groups in total. The maximum Gasteiger partial charge on any atom is 0.294 e. The monoisotopic (exact) mass is 429 g/mol. The molecule has 6 nitrogen and oxygen atoms in total. The molecule has 1 aliphatic carbocycles. The van der Waals surface area contributed by atoms with E-state index >= 15 is 0 Å². The first kappa shape index (κ1) is 22.1. The van der Waals surface area contributed by atoms with E-state index in [0.717, 1.165) is 25.7 Å². The van der Waals surface area contributed by atoms with Crippen molar-refractivity contribution in [3.8, 4) is 0 Å². The molecule has 1 aromatic heterocycles. The molecule has 160 valence electrons. The van der Waals surface area contributed by atoms with Crippen molar-refractivity contribution in [3.05, 3.63) is 51.8 Å². The summed E-state index contributed by atoms with van der Waals surface area (Å²) in [6.07, 6.45) is 3.88. The average Bonchev–Trinajstić information content (AvgIpc) is 2.91. The van der Waals surface area contributed by atoms with Gasteiger partial charge in [-0.3, -0.25) is 14.4 Å². The number of hydrogen-bond acceptors (Lipinski definition) is 3. The maximum absolute atomic E-state index is 12.9. The molecule has 30 heavy (non-hydrogen) atoms. The SMILES string of the molecule is Cc1c(C(=O)Nc2cccc(Cl)c2)c(C)n(C)c1C(=O)C(=O)NC1CCC(C)CC1. The first-order valence-corrected chi connectivity index (χ1v) is 10.6. The number of nitrogens with one attached hydrogen (secondary N) is 2. The fraction of sp³-hybridized carbons (Fsp3) is 0.435. The van der Waals surface area contributed by atoms with Crippen LogP contribution >= 0.6 is 11.6 Å². The number of halogens is 1. The first-order chi connectivity index (χ1) is 14.2. The number of hydrogen-bond donors (Lipinski definition) is 2. The van der Waals surface area contributed by atoms with Crippen molar-refractivity contribution in [1.82, 2.24) is 9.88 Å². The van der Waals surface area contributed by atoms with E-state index in [4.69, 9.17) is 11.6 Å². The van der Waals surface area contributed by atoms with Gasteiger partial charge in [0.15, 0.2) is 0 Å². The highest BCUT2D eigenvalue weighted by atomic mass is 35.5. The van der Waals surface area contributed by atoms with Gasteiger partial charge in [0, 0.05) is 29.5 Å². The second-order valence-electron chi connectivity index (χ2n) is 8.22.